The van der Waals surface area contributed by atoms with Crippen molar-refractivity contribution in [2.75, 3.05) is 0 Å². The van der Waals surface area contributed by atoms with Crippen LogP contribution >= 0.6 is 0 Å². The lowest BCUT2D eigenvalue weighted by molar-refractivity contribution is -0.110. The van der Waals surface area contributed by atoms with Gasteiger partial charge in [-0.25, -0.2) is 0 Å². The van der Waals surface area contributed by atoms with E-state index >= 15 is 0 Å². The van der Waals surface area contributed by atoms with E-state index in [2.05, 4.69) is 12.7 Å². The molecular weight excluding hydrogens is 136 g/mol. The zero-order valence-corrected chi connectivity index (χ0v) is 7.34. The van der Waals surface area contributed by atoms with Gasteiger partial charge >= 0.3 is 0 Å². The second kappa shape index (κ2) is 5.90. The third-order valence-electron chi connectivity index (χ3n) is 1.64. The summed E-state index contributed by atoms with van der Waals surface area (Å²) in [6.45, 7) is 7.59. The molecule has 0 aliphatic carbocycles. The second-order valence-electron chi connectivity index (χ2n) is 2.84. The number of carbonyl (C=O) groups excluding carboxylic acids is 1. The van der Waals surface area contributed by atoms with Crippen LogP contribution in [0.2, 0.25) is 0 Å². The third-order valence-corrected chi connectivity index (χ3v) is 1.64. The molecule has 62 valence electrons. The molecule has 11 heavy (non-hydrogen) atoms. The molecule has 1 nitrogen and oxygen atoms in total. The fraction of sp³-hybridized carbons (Fsp3) is 0.500. The molecular formula is C10H16O. The Morgan fingerprint density at radius 3 is 2.73 bits per heavy atom. The molecule has 0 radical (unpaired) electrons. The molecule has 0 rings (SSSR count). The van der Waals surface area contributed by atoms with Gasteiger partial charge in [0.1, 0.15) is 6.29 Å². The van der Waals surface area contributed by atoms with Gasteiger partial charge in [0.2, 0.25) is 0 Å². The van der Waals surface area contributed by atoms with Crippen molar-refractivity contribution in [3.63, 3.8) is 0 Å². The molecule has 1 unspecified atom stereocenters. The average Bonchev–Trinajstić information content (AvgIpc) is 2.04. The zero-order chi connectivity index (χ0) is 8.69. The van der Waals surface area contributed by atoms with Gasteiger partial charge in [0.15, 0.2) is 0 Å². The molecule has 0 N–H and O–H groups in total. The van der Waals surface area contributed by atoms with Crippen LogP contribution < -0.4 is 0 Å². The molecule has 0 amide bonds. The highest BCUT2D eigenvalue weighted by molar-refractivity contribution is 5.52. The quantitative estimate of drug-likeness (QED) is 0.437. The van der Waals surface area contributed by atoms with Crippen LogP contribution in [0.5, 0.6) is 0 Å². The average molecular weight is 152 g/mol. The summed E-state index contributed by atoms with van der Waals surface area (Å²) in [6, 6.07) is 0. The van der Waals surface area contributed by atoms with Gasteiger partial charge in [0, 0.05) is 5.92 Å². The van der Waals surface area contributed by atoms with Crippen LogP contribution in [0.4, 0.5) is 0 Å². The molecule has 0 aromatic heterocycles. The molecule has 1 atom stereocenters. The zero-order valence-electron chi connectivity index (χ0n) is 7.34. The van der Waals surface area contributed by atoms with E-state index in [9.17, 15) is 4.79 Å². The Labute approximate surface area is 68.8 Å². The van der Waals surface area contributed by atoms with Gasteiger partial charge in [0.05, 0.1) is 0 Å². The largest absolute Gasteiger partial charge is 0.303 e. The number of aldehydes is 1. The Hall–Kier alpha value is -0.850. The van der Waals surface area contributed by atoms with E-state index in [0.717, 1.165) is 19.1 Å². The summed E-state index contributed by atoms with van der Waals surface area (Å²) < 4.78 is 0. The van der Waals surface area contributed by atoms with Gasteiger partial charge in [-0.3, -0.25) is 0 Å². The smallest absolute Gasteiger partial charge is 0.122 e. The van der Waals surface area contributed by atoms with Gasteiger partial charge in [0.25, 0.3) is 0 Å². The van der Waals surface area contributed by atoms with Gasteiger partial charge in [-0.05, 0) is 19.8 Å². The topological polar surface area (TPSA) is 17.1 Å². The number of allylic oxidation sites excluding steroid dienone is 3. The molecule has 0 aromatic carbocycles. The Kier molecular flexibility index (Phi) is 5.44. The van der Waals surface area contributed by atoms with Crippen LogP contribution in [0.15, 0.2) is 24.3 Å². The number of hydrogen-bond donors (Lipinski definition) is 0. The van der Waals surface area contributed by atoms with Crippen molar-refractivity contribution in [1.29, 1.82) is 0 Å². The summed E-state index contributed by atoms with van der Waals surface area (Å²) in [6.07, 6.45) is 6.84. The molecule has 0 aromatic rings. The minimum atomic E-state index is 0.184. The first kappa shape index (κ1) is 10.2. The summed E-state index contributed by atoms with van der Waals surface area (Å²) >= 11 is 0. The van der Waals surface area contributed by atoms with Gasteiger partial charge < -0.3 is 4.79 Å². The Morgan fingerprint density at radius 1 is 1.64 bits per heavy atom. The van der Waals surface area contributed by atoms with Crippen molar-refractivity contribution < 1.29 is 4.79 Å². The third kappa shape index (κ3) is 5.59. The van der Waals surface area contributed by atoms with Crippen molar-refractivity contribution in [3.05, 3.63) is 24.3 Å². The highest BCUT2D eigenvalue weighted by Gasteiger charge is 1.95. The lowest BCUT2D eigenvalue weighted by Crippen LogP contribution is -1.93. The molecule has 0 saturated carbocycles. The maximum absolute atomic E-state index is 10.2. The van der Waals surface area contributed by atoms with Gasteiger partial charge in [-0.2, -0.15) is 0 Å². The van der Waals surface area contributed by atoms with Crippen LogP contribution in [0.3, 0.4) is 0 Å². The summed E-state index contributed by atoms with van der Waals surface area (Å²) in [5.41, 5.74) is 1.18. The Morgan fingerprint density at radius 2 is 2.27 bits per heavy atom. The second-order valence-corrected chi connectivity index (χ2v) is 2.84. The van der Waals surface area contributed by atoms with Gasteiger partial charge in [-0.1, -0.05) is 31.2 Å². The fourth-order valence-corrected chi connectivity index (χ4v) is 0.725. The molecule has 1 heteroatoms. The molecule has 0 aliphatic rings. The minimum absolute atomic E-state index is 0.184. The highest BCUT2D eigenvalue weighted by atomic mass is 16.1. The summed E-state index contributed by atoms with van der Waals surface area (Å²) in [5.74, 6) is 0.184. The molecule has 0 spiro atoms. The number of hydrogen-bond acceptors (Lipinski definition) is 1. The maximum Gasteiger partial charge on any atom is 0.122 e. The van der Waals surface area contributed by atoms with Crippen LogP contribution in [0.1, 0.15) is 26.7 Å². The predicted octanol–water partition coefficient (Wildman–Crippen LogP) is 2.73. The van der Waals surface area contributed by atoms with Crippen LogP contribution in [0, 0.1) is 5.92 Å². The SMILES string of the molecule is C=CC(C)=CCCC(C)C=O. The molecule has 0 bridgehead atoms. The first-order valence-electron chi connectivity index (χ1n) is 3.95. The van der Waals surface area contributed by atoms with E-state index in [1.54, 1.807) is 0 Å². The van der Waals surface area contributed by atoms with E-state index < -0.39 is 0 Å². The van der Waals surface area contributed by atoms with Gasteiger partial charge in [-0.15, -0.1) is 0 Å². The summed E-state index contributed by atoms with van der Waals surface area (Å²) in [7, 11) is 0. The van der Waals surface area contributed by atoms with E-state index in [0.29, 0.717) is 0 Å². The van der Waals surface area contributed by atoms with Crippen LogP contribution in [0.25, 0.3) is 0 Å². The highest BCUT2D eigenvalue weighted by Crippen LogP contribution is 2.05. The summed E-state index contributed by atoms with van der Waals surface area (Å²) in [4.78, 5) is 10.2. The monoisotopic (exact) mass is 152 g/mol. The minimum Gasteiger partial charge on any atom is -0.303 e. The Bertz CT molecular complexity index is 156. The lowest BCUT2D eigenvalue weighted by atomic mass is 10.1. The normalized spacial score (nSPS) is 14.2. The lowest BCUT2D eigenvalue weighted by Gasteiger charge is -1.98. The molecule has 0 heterocycles. The molecule has 0 aliphatic heterocycles. The van der Waals surface area contributed by atoms with E-state index in [4.69, 9.17) is 0 Å². The van der Waals surface area contributed by atoms with Crippen molar-refractivity contribution in [2.24, 2.45) is 5.92 Å². The van der Waals surface area contributed by atoms with Crippen molar-refractivity contribution in [2.45, 2.75) is 26.7 Å². The summed E-state index contributed by atoms with van der Waals surface area (Å²) in [5, 5.41) is 0. The maximum atomic E-state index is 10.2. The van der Waals surface area contributed by atoms with Crippen molar-refractivity contribution in [1.82, 2.24) is 0 Å². The predicted molar refractivity (Wildman–Crippen MR) is 48.4 cm³/mol. The number of carbonyl (C=O) groups is 1. The van der Waals surface area contributed by atoms with Crippen LogP contribution in [-0.4, -0.2) is 6.29 Å². The van der Waals surface area contributed by atoms with E-state index in [1.807, 2.05) is 19.9 Å². The number of rotatable bonds is 5. The van der Waals surface area contributed by atoms with Crippen molar-refractivity contribution >= 4 is 6.29 Å². The van der Waals surface area contributed by atoms with E-state index in [1.165, 1.54) is 5.57 Å². The Balaban J connectivity index is 3.55. The van der Waals surface area contributed by atoms with Crippen LogP contribution in [-0.2, 0) is 4.79 Å². The van der Waals surface area contributed by atoms with E-state index in [-0.39, 0.29) is 5.92 Å². The molecule has 0 fully saturated rings. The first-order valence-corrected chi connectivity index (χ1v) is 3.95. The van der Waals surface area contributed by atoms with Crippen molar-refractivity contribution in [3.8, 4) is 0 Å². The standard InChI is InChI=1S/C10H16O/c1-4-9(2)6-5-7-10(3)8-11/h4,6,8,10H,1,5,7H2,2-3H3. The first-order chi connectivity index (χ1) is 5.20. The molecule has 0 saturated heterocycles. The fourth-order valence-electron chi connectivity index (χ4n) is 0.725.